The highest BCUT2D eigenvalue weighted by Gasteiger charge is 2.18. The van der Waals surface area contributed by atoms with Crippen LogP contribution in [0.25, 0.3) is 0 Å². The summed E-state index contributed by atoms with van der Waals surface area (Å²) in [5, 5.41) is 3.18. The molecule has 0 saturated carbocycles. The Kier molecular flexibility index (Phi) is 6.81. The topological polar surface area (TPSA) is 84.5 Å². The summed E-state index contributed by atoms with van der Waals surface area (Å²) in [6, 6.07) is 12.2. The molecule has 6 nitrogen and oxygen atoms in total. The highest BCUT2D eigenvalue weighted by molar-refractivity contribution is 7.92. The van der Waals surface area contributed by atoms with E-state index in [1.54, 1.807) is 25.3 Å². The van der Waals surface area contributed by atoms with E-state index in [0.29, 0.717) is 24.6 Å². The average molecular weight is 383 g/mol. The third kappa shape index (κ3) is 5.45. The lowest BCUT2D eigenvalue weighted by molar-refractivity contribution is 0.0949. The van der Waals surface area contributed by atoms with E-state index >= 15 is 0 Å². The quantitative estimate of drug-likeness (QED) is 0.687. The SMILES string of the molecule is COCCCNC(=O)c1ccccc1NS(=O)(=O)c1ccc(Cl)cc1. The van der Waals surface area contributed by atoms with Gasteiger partial charge in [0.1, 0.15) is 0 Å². The summed E-state index contributed by atoms with van der Waals surface area (Å²) in [5.41, 5.74) is 0.458. The molecule has 134 valence electrons. The summed E-state index contributed by atoms with van der Waals surface area (Å²) in [6.07, 6.45) is 0.668. The number of anilines is 1. The lowest BCUT2D eigenvalue weighted by atomic mass is 10.1. The highest BCUT2D eigenvalue weighted by atomic mass is 35.5. The Labute approximate surface area is 152 Å². The maximum atomic E-state index is 12.5. The fourth-order valence-electron chi connectivity index (χ4n) is 2.10. The van der Waals surface area contributed by atoms with E-state index < -0.39 is 10.0 Å². The molecule has 25 heavy (non-hydrogen) atoms. The van der Waals surface area contributed by atoms with Gasteiger partial charge in [0.25, 0.3) is 15.9 Å². The predicted molar refractivity (Wildman–Crippen MR) is 97.5 cm³/mol. The molecule has 0 saturated heterocycles. The van der Waals surface area contributed by atoms with Crippen molar-refractivity contribution in [1.29, 1.82) is 0 Å². The van der Waals surface area contributed by atoms with Crippen LogP contribution in [-0.2, 0) is 14.8 Å². The molecular weight excluding hydrogens is 364 g/mol. The molecule has 1 amide bonds. The van der Waals surface area contributed by atoms with Crippen LogP contribution >= 0.6 is 11.6 Å². The van der Waals surface area contributed by atoms with E-state index in [0.717, 1.165) is 0 Å². The third-order valence-corrected chi connectivity index (χ3v) is 4.98. The Balaban J connectivity index is 2.17. The molecule has 0 atom stereocenters. The Morgan fingerprint density at radius 3 is 2.48 bits per heavy atom. The first-order valence-corrected chi connectivity index (χ1v) is 9.45. The monoisotopic (exact) mass is 382 g/mol. The van der Waals surface area contributed by atoms with Gasteiger partial charge in [0.2, 0.25) is 0 Å². The molecule has 0 aliphatic carbocycles. The number of benzene rings is 2. The van der Waals surface area contributed by atoms with Gasteiger partial charge >= 0.3 is 0 Å². The van der Waals surface area contributed by atoms with Crippen molar-refractivity contribution in [2.75, 3.05) is 25.0 Å². The predicted octanol–water partition coefficient (Wildman–Crippen LogP) is 2.91. The summed E-state index contributed by atoms with van der Waals surface area (Å²) in [7, 11) is -2.24. The standard InChI is InChI=1S/C17H19ClN2O4S/c1-24-12-4-11-19-17(21)15-5-2-3-6-16(15)20-25(22,23)14-9-7-13(18)8-10-14/h2-3,5-10,20H,4,11-12H2,1H3,(H,19,21). The summed E-state index contributed by atoms with van der Waals surface area (Å²) < 4.78 is 32.3. The van der Waals surface area contributed by atoms with E-state index in [-0.39, 0.29) is 22.1 Å². The van der Waals surface area contributed by atoms with E-state index in [4.69, 9.17) is 16.3 Å². The lowest BCUT2D eigenvalue weighted by Gasteiger charge is -2.13. The molecule has 2 rings (SSSR count). The first kappa shape index (κ1) is 19.2. The minimum absolute atomic E-state index is 0.0622. The number of amides is 1. The maximum Gasteiger partial charge on any atom is 0.261 e. The van der Waals surface area contributed by atoms with E-state index in [1.165, 1.54) is 30.3 Å². The number of nitrogens with one attached hydrogen (secondary N) is 2. The number of methoxy groups -OCH3 is 1. The van der Waals surface area contributed by atoms with Crippen molar-refractivity contribution in [3.8, 4) is 0 Å². The normalized spacial score (nSPS) is 11.1. The van der Waals surface area contributed by atoms with Gasteiger partial charge in [-0.2, -0.15) is 0 Å². The third-order valence-electron chi connectivity index (χ3n) is 3.35. The van der Waals surface area contributed by atoms with Crippen LogP contribution in [0.5, 0.6) is 0 Å². The molecule has 0 bridgehead atoms. The number of rotatable bonds is 8. The molecule has 0 spiro atoms. The second-order valence-electron chi connectivity index (χ2n) is 5.21. The van der Waals surface area contributed by atoms with E-state index in [2.05, 4.69) is 10.0 Å². The van der Waals surface area contributed by atoms with Crippen LogP contribution in [0.15, 0.2) is 53.4 Å². The number of sulfonamides is 1. The van der Waals surface area contributed by atoms with Crippen molar-refractivity contribution in [2.24, 2.45) is 0 Å². The molecule has 0 heterocycles. The van der Waals surface area contributed by atoms with Gasteiger partial charge in [-0.05, 0) is 42.8 Å². The van der Waals surface area contributed by atoms with Crippen molar-refractivity contribution in [3.05, 3.63) is 59.1 Å². The second-order valence-corrected chi connectivity index (χ2v) is 7.33. The van der Waals surface area contributed by atoms with Crippen LogP contribution < -0.4 is 10.0 Å². The largest absolute Gasteiger partial charge is 0.385 e. The minimum Gasteiger partial charge on any atom is -0.385 e. The Morgan fingerprint density at radius 1 is 1.12 bits per heavy atom. The van der Waals surface area contributed by atoms with Gasteiger partial charge in [0.15, 0.2) is 0 Å². The summed E-state index contributed by atoms with van der Waals surface area (Å²) >= 11 is 5.78. The van der Waals surface area contributed by atoms with Crippen LogP contribution in [0.3, 0.4) is 0 Å². The number of hydrogen-bond acceptors (Lipinski definition) is 4. The van der Waals surface area contributed by atoms with Crippen molar-refractivity contribution in [2.45, 2.75) is 11.3 Å². The zero-order chi connectivity index (χ0) is 18.3. The van der Waals surface area contributed by atoms with Gasteiger partial charge < -0.3 is 10.1 Å². The van der Waals surface area contributed by atoms with Crippen molar-refractivity contribution in [3.63, 3.8) is 0 Å². The number of para-hydroxylation sites is 1. The molecule has 0 aliphatic heterocycles. The van der Waals surface area contributed by atoms with Crippen LogP contribution in [0.4, 0.5) is 5.69 Å². The second kappa shape index (κ2) is 8.84. The zero-order valence-electron chi connectivity index (χ0n) is 13.7. The number of hydrogen-bond donors (Lipinski definition) is 2. The molecule has 0 aliphatic rings. The van der Waals surface area contributed by atoms with Crippen LogP contribution in [0.1, 0.15) is 16.8 Å². The maximum absolute atomic E-state index is 12.5. The highest BCUT2D eigenvalue weighted by Crippen LogP contribution is 2.21. The van der Waals surface area contributed by atoms with Gasteiger partial charge in [-0.25, -0.2) is 8.42 Å². The molecule has 0 aromatic heterocycles. The van der Waals surface area contributed by atoms with Crippen molar-refractivity contribution in [1.82, 2.24) is 5.32 Å². The molecule has 2 aromatic rings. The molecule has 0 fully saturated rings. The summed E-state index contributed by atoms with van der Waals surface area (Å²) in [4.78, 5) is 12.4. The molecular formula is C17H19ClN2O4S. The first-order chi connectivity index (χ1) is 11.9. The number of carbonyl (C=O) groups excluding carboxylic acids is 1. The van der Waals surface area contributed by atoms with Crippen LogP contribution in [0.2, 0.25) is 5.02 Å². The van der Waals surface area contributed by atoms with Gasteiger partial charge in [0, 0.05) is 25.3 Å². The lowest BCUT2D eigenvalue weighted by Crippen LogP contribution is -2.26. The van der Waals surface area contributed by atoms with Crippen LogP contribution in [0, 0.1) is 0 Å². The Hall–Kier alpha value is -2.09. The number of halogens is 1. The van der Waals surface area contributed by atoms with E-state index in [1.807, 2.05) is 0 Å². The molecule has 2 N–H and O–H groups in total. The van der Waals surface area contributed by atoms with E-state index in [9.17, 15) is 13.2 Å². The number of carbonyl (C=O) groups is 1. The fraction of sp³-hybridized carbons (Fsp3) is 0.235. The minimum atomic E-state index is -3.82. The number of ether oxygens (including phenoxy) is 1. The Morgan fingerprint density at radius 2 is 1.80 bits per heavy atom. The fourth-order valence-corrected chi connectivity index (χ4v) is 3.31. The summed E-state index contributed by atoms with van der Waals surface area (Å²) in [6.45, 7) is 0.968. The molecule has 8 heteroatoms. The van der Waals surface area contributed by atoms with Gasteiger partial charge in [0.05, 0.1) is 16.1 Å². The smallest absolute Gasteiger partial charge is 0.261 e. The molecule has 0 unspecified atom stereocenters. The molecule has 0 radical (unpaired) electrons. The van der Waals surface area contributed by atoms with Gasteiger partial charge in [-0.1, -0.05) is 23.7 Å². The van der Waals surface area contributed by atoms with Crippen LogP contribution in [-0.4, -0.2) is 34.6 Å². The molecule has 2 aromatic carbocycles. The summed E-state index contributed by atoms with van der Waals surface area (Å²) in [5.74, 6) is -0.356. The van der Waals surface area contributed by atoms with Crippen molar-refractivity contribution >= 4 is 33.2 Å². The van der Waals surface area contributed by atoms with Gasteiger partial charge in [-0.3, -0.25) is 9.52 Å². The van der Waals surface area contributed by atoms with Crippen molar-refractivity contribution < 1.29 is 17.9 Å². The first-order valence-electron chi connectivity index (χ1n) is 7.58. The average Bonchev–Trinajstić information content (AvgIpc) is 2.59. The Bertz CT molecular complexity index is 823. The zero-order valence-corrected chi connectivity index (χ0v) is 15.2. The van der Waals surface area contributed by atoms with Gasteiger partial charge in [-0.15, -0.1) is 0 Å².